The first-order chi connectivity index (χ1) is 7.83. The third-order valence-corrected chi connectivity index (χ3v) is 2.65. The molecule has 0 saturated heterocycles. The van der Waals surface area contributed by atoms with Crippen molar-refractivity contribution in [1.29, 1.82) is 0 Å². The molecule has 1 aliphatic rings. The van der Waals surface area contributed by atoms with Gasteiger partial charge in [-0.05, 0) is 19.1 Å². The van der Waals surface area contributed by atoms with Crippen molar-refractivity contribution < 1.29 is 22.3 Å². The number of benzene rings is 1. The highest BCUT2D eigenvalue weighted by Crippen LogP contribution is 2.35. The topological polar surface area (TPSA) is 21.6 Å². The van der Waals surface area contributed by atoms with Crippen LogP contribution in [0.2, 0.25) is 0 Å². The van der Waals surface area contributed by atoms with E-state index in [0.717, 1.165) is 12.1 Å². The van der Waals surface area contributed by atoms with E-state index >= 15 is 0 Å². The average Bonchev–Trinajstić information content (AvgIpc) is 2.64. The monoisotopic (exact) mass is 247 g/mol. The molecule has 0 spiro atoms. The maximum Gasteiger partial charge on any atom is 0.416 e. The summed E-state index contributed by atoms with van der Waals surface area (Å²) in [7, 11) is 0. The molecule has 6 heteroatoms. The van der Waals surface area contributed by atoms with Crippen LogP contribution in [0.4, 0.5) is 17.6 Å². The lowest BCUT2D eigenvalue weighted by atomic mass is 9.92. The minimum Gasteiger partial charge on any atom is -0.481 e. The minimum atomic E-state index is -4.55. The van der Waals surface area contributed by atoms with Gasteiger partial charge in [0, 0.05) is 5.56 Å². The Balaban J connectivity index is 2.42. The van der Waals surface area contributed by atoms with Crippen LogP contribution < -0.4 is 0 Å². The highest BCUT2D eigenvalue weighted by atomic mass is 19.4. The lowest BCUT2D eigenvalue weighted by molar-refractivity contribution is -0.137. The van der Waals surface area contributed by atoms with Gasteiger partial charge in [0.2, 0.25) is 0 Å². The average molecular weight is 247 g/mol. The van der Waals surface area contributed by atoms with Gasteiger partial charge in [-0.3, -0.25) is 0 Å². The Morgan fingerprint density at radius 3 is 2.53 bits per heavy atom. The Labute approximate surface area is 94.9 Å². The largest absolute Gasteiger partial charge is 0.481 e. The smallest absolute Gasteiger partial charge is 0.416 e. The highest BCUT2D eigenvalue weighted by molar-refractivity contribution is 5.52. The van der Waals surface area contributed by atoms with Crippen LogP contribution in [0.15, 0.2) is 23.2 Å². The van der Waals surface area contributed by atoms with E-state index in [1.54, 1.807) is 6.92 Å². The lowest BCUT2D eigenvalue weighted by Gasteiger charge is -2.20. The molecule has 1 atom stereocenters. The second-order valence-corrected chi connectivity index (χ2v) is 4.01. The van der Waals surface area contributed by atoms with Gasteiger partial charge in [-0.1, -0.05) is 6.07 Å². The van der Waals surface area contributed by atoms with Gasteiger partial charge in [-0.2, -0.15) is 13.2 Å². The van der Waals surface area contributed by atoms with E-state index in [2.05, 4.69) is 4.99 Å². The molecule has 1 aliphatic heterocycles. The molecule has 0 bridgehead atoms. The number of aliphatic imine (C=N–C) groups is 1. The Bertz CT molecular complexity index is 469. The number of hydrogen-bond acceptors (Lipinski definition) is 2. The number of nitrogens with zero attached hydrogens (tertiary/aromatic N) is 1. The van der Waals surface area contributed by atoms with Crippen LogP contribution in [0.3, 0.4) is 0 Å². The summed E-state index contributed by atoms with van der Waals surface area (Å²) >= 11 is 0. The minimum absolute atomic E-state index is 0.0965. The van der Waals surface area contributed by atoms with Crippen LogP contribution in [-0.4, -0.2) is 13.0 Å². The molecule has 92 valence electrons. The molecule has 1 aromatic rings. The Morgan fingerprint density at radius 2 is 2.06 bits per heavy atom. The predicted octanol–water partition coefficient (Wildman–Crippen LogP) is 3.12. The van der Waals surface area contributed by atoms with Crippen molar-refractivity contribution in [3.05, 3.63) is 35.1 Å². The van der Waals surface area contributed by atoms with Crippen molar-refractivity contribution in [3.63, 3.8) is 0 Å². The Hall–Kier alpha value is -1.59. The first-order valence-corrected chi connectivity index (χ1v) is 4.85. The van der Waals surface area contributed by atoms with Gasteiger partial charge in [0.1, 0.15) is 18.0 Å². The standard InChI is InChI=1S/C11H9F4NO/c1-10(5-17-6-16-10)8-3-2-7(4-9(8)12)11(13,14)15/h2-4,6H,5H2,1H3. The van der Waals surface area contributed by atoms with Crippen molar-refractivity contribution in [2.45, 2.75) is 18.6 Å². The third kappa shape index (κ3) is 2.11. The molecule has 2 nitrogen and oxygen atoms in total. The molecule has 1 unspecified atom stereocenters. The lowest BCUT2D eigenvalue weighted by Crippen LogP contribution is -2.23. The van der Waals surface area contributed by atoms with Gasteiger partial charge in [0.25, 0.3) is 0 Å². The summed E-state index contributed by atoms with van der Waals surface area (Å²) in [5.41, 5.74) is -1.86. The first-order valence-electron chi connectivity index (χ1n) is 4.85. The SMILES string of the molecule is CC1(c2ccc(C(F)(F)F)cc2F)COC=N1. The molecule has 0 N–H and O–H groups in total. The van der Waals surface area contributed by atoms with Gasteiger partial charge < -0.3 is 4.74 Å². The summed E-state index contributed by atoms with van der Waals surface area (Å²) < 4.78 is 55.6. The molecular formula is C11H9F4NO. The highest BCUT2D eigenvalue weighted by Gasteiger charge is 2.36. The maximum atomic E-state index is 13.6. The van der Waals surface area contributed by atoms with Crippen LogP contribution in [0.1, 0.15) is 18.1 Å². The predicted molar refractivity (Wildman–Crippen MR) is 53.2 cm³/mol. The van der Waals surface area contributed by atoms with Gasteiger partial charge in [-0.25, -0.2) is 9.38 Å². The molecule has 0 amide bonds. The summed E-state index contributed by atoms with van der Waals surface area (Å²) in [6, 6.07) is 2.43. The molecule has 2 rings (SSSR count). The van der Waals surface area contributed by atoms with Crippen LogP contribution in [0.25, 0.3) is 0 Å². The fourth-order valence-corrected chi connectivity index (χ4v) is 1.67. The van der Waals surface area contributed by atoms with Gasteiger partial charge in [0.05, 0.1) is 5.56 Å². The van der Waals surface area contributed by atoms with E-state index in [1.807, 2.05) is 0 Å². The van der Waals surface area contributed by atoms with E-state index in [0.29, 0.717) is 6.07 Å². The van der Waals surface area contributed by atoms with Crippen LogP contribution >= 0.6 is 0 Å². The van der Waals surface area contributed by atoms with Crippen molar-refractivity contribution >= 4 is 6.40 Å². The Morgan fingerprint density at radius 1 is 1.35 bits per heavy atom. The van der Waals surface area contributed by atoms with Crippen molar-refractivity contribution in [2.75, 3.05) is 6.61 Å². The fraction of sp³-hybridized carbons (Fsp3) is 0.364. The molecule has 17 heavy (non-hydrogen) atoms. The van der Waals surface area contributed by atoms with Gasteiger partial charge in [0.15, 0.2) is 6.40 Å². The van der Waals surface area contributed by atoms with Gasteiger partial charge in [-0.15, -0.1) is 0 Å². The molecule has 0 fully saturated rings. The van der Waals surface area contributed by atoms with Crippen molar-refractivity contribution in [3.8, 4) is 0 Å². The maximum absolute atomic E-state index is 13.6. The number of halogens is 4. The summed E-state index contributed by atoms with van der Waals surface area (Å²) in [5.74, 6) is -0.926. The van der Waals surface area contributed by atoms with E-state index in [1.165, 1.54) is 6.40 Å². The van der Waals surface area contributed by atoms with E-state index in [-0.39, 0.29) is 12.2 Å². The number of alkyl halides is 3. The van der Waals surface area contributed by atoms with E-state index in [9.17, 15) is 17.6 Å². The molecule has 1 aromatic carbocycles. The zero-order valence-corrected chi connectivity index (χ0v) is 8.88. The van der Waals surface area contributed by atoms with Crippen LogP contribution in [0.5, 0.6) is 0 Å². The van der Waals surface area contributed by atoms with Crippen molar-refractivity contribution in [1.82, 2.24) is 0 Å². The zero-order valence-electron chi connectivity index (χ0n) is 8.88. The number of ether oxygens (including phenoxy) is 1. The summed E-state index contributed by atoms with van der Waals surface area (Å²) in [4.78, 5) is 3.92. The molecular weight excluding hydrogens is 238 g/mol. The van der Waals surface area contributed by atoms with Crippen LogP contribution in [-0.2, 0) is 16.5 Å². The van der Waals surface area contributed by atoms with Gasteiger partial charge >= 0.3 is 6.18 Å². The number of hydrogen-bond donors (Lipinski definition) is 0. The molecule has 0 aliphatic carbocycles. The zero-order chi connectivity index (χ0) is 12.7. The number of rotatable bonds is 1. The summed E-state index contributed by atoms with van der Waals surface area (Å²) in [6.45, 7) is 1.72. The van der Waals surface area contributed by atoms with Crippen LogP contribution in [0, 0.1) is 5.82 Å². The first kappa shape index (κ1) is 11.9. The van der Waals surface area contributed by atoms with Crippen molar-refractivity contribution in [2.24, 2.45) is 4.99 Å². The summed E-state index contributed by atoms with van der Waals surface area (Å²) in [6.07, 6.45) is -3.37. The second-order valence-electron chi connectivity index (χ2n) is 4.01. The fourth-order valence-electron chi connectivity index (χ4n) is 1.67. The van der Waals surface area contributed by atoms with E-state index < -0.39 is 23.1 Å². The summed E-state index contributed by atoms with van der Waals surface area (Å²) in [5, 5.41) is 0. The second kappa shape index (κ2) is 3.72. The third-order valence-electron chi connectivity index (χ3n) is 2.65. The molecule has 0 saturated carbocycles. The quantitative estimate of drug-likeness (QED) is 0.699. The molecule has 1 heterocycles. The van der Waals surface area contributed by atoms with E-state index in [4.69, 9.17) is 4.74 Å². The molecule has 0 aromatic heterocycles. The molecule has 0 radical (unpaired) electrons. The normalized spacial score (nSPS) is 23.8. The Kier molecular flexibility index (Phi) is 2.60.